The predicted octanol–water partition coefficient (Wildman–Crippen LogP) is -0.379. The molecule has 0 aromatic carbocycles. The molecule has 2 heterocycles. The second-order valence-electron chi connectivity index (χ2n) is 2.92. The van der Waals surface area contributed by atoms with Gasteiger partial charge in [-0.15, -0.1) is 5.10 Å². The van der Waals surface area contributed by atoms with Crippen molar-refractivity contribution in [2.45, 2.75) is 13.5 Å². The third kappa shape index (κ3) is 2.22. The molecule has 0 aliphatic heterocycles. The Morgan fingerprint density at radius 2 is 2.50 bits per heavy atom. The lowest BCUT2D eigenvalue weighted by Crippen LogP contribution is -2.07. The zero-order chi connectivity index (χ0) is 11.4. The number of aromatic nitrogens is 6. The molecule has 0 fully saturated rings. The zero-order valence-electron chi connectivity index (χ0n) is 8.62. The van der Waals surface area contributed by atoms with E-state index in [0.29, 0.717) is 19.0 Å². The molecule has 0 amide bonds. The predicted molar refractivity (Wildman–Crippen MR) is 51.5 cm³/mol. The van der Waals surface area contributed by atoms with Gasteiger partial charge in [0.05, 0.1) is 6.61 Å². The lowest BCUT2D eigenvalue weighted by atomic mass is 10.6. The summed E-state index contributed by atoms with van der Waals surface area (Å²) in [5.74, 6) is 0.00843. The zero-order valence-corrected chi connectivity index (χ0v) is 8.62. The number of carbonyl (C=O) groups is 1. The molecule has 0 saturated heterocycles. The van der Waals surface area contributed by atoms with E-state index in [0.717, 1.165) is 0 Å². The SMILES string of the molecule is CCOC(=O)c1n[nH]c(Cn2cncn2)n1. The molecular formula is C8H10N6O2. The Morgan fingerprint density at radius 1 is 1.62 bits per heavy atom. The lowest BCUT2D eigenvalue weighted by molar-refractivity contribution is 0.0512. The molecule has 0 saturated carbocycles. The first-order valence-electron chi connectivity index (χ1n) is 4.70. The molecule has 0 unspecified atom stereocenters. The molecular weight excluding hydrogens is 212 g/mol. The largest absolute Gasteiger partial charge is 0.460 e. The highest BCUT2D eigenvalue weighted by Crippen LogP contribution is 1.97. The summed E-state index contributed by atoms with van der Waals surface area (Å²) in [6, 6.07) is 0. The van der Waals surface area contributed by atoms with Crippen LogP contribution in [-0.4, -0.2) is 42.5 Å². The molecule has 2 rings (SSSR count). The summed E-state index contributed by atoms with van der Waals surface area (Å²) in [5, 5.41) is 10.3. The minimum atomic E-state index is -0.538. The molecule has 0 spiro atoms. The van der Waals surface area contributed by atoms with Gasteiger partial charge in [0.1, 0.15) is 25.0 Å². The van der Waals surface area contributed by atoms with Gasteiger partial charge in [0, 0.05) is 0 Å². The molecule has 84 valence electrons. The number of hydrogen-bond donors (Lipinski definition) is 1. The standard InChI is InChI=1S/C8H10N6O2/c1-2-16-8(15)7-11-6(12-13-7)3-14-5-9-4-10-14/h4-5H,2-3H2,1H3,(H,11,12,13). The maximum absolute atomic E-state index is 11.3. The number of nitrogens with zero attached hydrogens (tertiary/aromatic N) is 5. The average Bonchev–Trinajstić information content (AvgIpc) is 2.90. The highest BCUT2D eigenvalue weighted by molar-refractivity contribution is 5.84. The molecule has 2 aromatic rings. The van der Waals surface area contributed by atoms with Gasteiger partial charge in [-0.3, -0.25) is 5.10 Å². The first kappa shape index (κ1) is 10.3. The van der Waals surface area contributed by atoms with Crippen LogP contribution in [0, 0.1) is 0 Å². The van der Waals surface area contributed by atoms with Gasteiger partial charge in [0.2, 0.25) is 0 Å². The van der Waals surface area contributed by atoms with Gasteiger partial charge >= 0.3 is 5.97 Å². The van der Waals surface area contributed by atoms with E-state index in [9.17, 15) is 4.79 Å². The monoisotopic (exact) mass is 222 g/mol. The number of carbonyl (C=O) groups excluding carboxylic acids is 1. The van der Waals surface area contributed by atoms with Gasteiger partial charge in [0.15, 0.2) is 0 Å². The van der Waals surface area contributed by atoms with Crippen LogP contribution in [0.5, 0.6) is 0 Å². The van der Waals surface area contributed by atoms with Gasteiger partial charge in [0.25, 0.3) is 5.82 Å². The summed E-state index contributed by atoms with van der Waals surface area (Å²) in [6.07, 6.45) is 2.97. The van der Waals surface area contributed by atoms with E-state index < -0.39 is 5.97 Å². The van der Waals surface area contributed by atoms with E-state index in [-0.39, 0.29) is 5.82 Å². The van der Waals surface area contributed by atoms with Crippen LogP contribution in [0.15, 0.2) is 12.7 Å². The topological polar surface area (TPSA) is 98.6 Å². The normalized spacial score (nSPS) is 10.3. The van der Waals surface area contributed by atoms with Crippen LogP contribution in [0.4, 0.5) is 0 Å². The Labute approximate surface area is 90.7 Å². The Hall–Kier alpha value is -2.25. The minimum absolute atomic E-state index is 0.0250. The maximum Gasteiger partial charge on any atom is 0.378 e. The Kier molecular flexibility index (Phi) is 2.90. The van der Waals surface area contributed by atoms with E-state index in [1.165, 1.54) is 6.33 Å². The summed E-state index contributed by atoms with van der Waals surface area (Å²) in [6.45, 7) is 2.40. The first-order chi connectivity index (χ1) is 7.79. The van der Waals surface area contributed by atoms with E-state index >= 15 is 0 Å². The number of esters is 1. The molecule has 0 aliphatic carbocycles. The Bertz CT molecular complexity index is 463. The molecule has 1 N–H and O–H groups in total. The summed E-state index contributed by atoms with van der Waals surface area (Å²) >= 11 is 0. The van der Waals surface area contributed by atoms with Gasteiger partial charge in [-0.25, -0.2) is 19.4 Å². The van der Waals surface area contributed by atoms with Crippen molar-refractivity contribution in [2.75, 3.05) is 6.61 Å². The second kappa shape index (κ2) is 4.51. The molecule has 16 heavy (non-hydrogen) atoms. The Morgan fingerprint density at radius 3 is 3.19 bits per heavy atom. The number of rotatable bonds is 4. The minimum Gasteiger partial charge on any atom is -0.460 e. The molecule has 2 aromatic heterocycles. The van der Waals surface area contributed by atoms with Crippen molar-refractivity contribution < 1.29 is 9.53 Å². The summed E-state index contributed by atoms with van der Waals surface area (Å²) < 4.78 is 6.32. The summed E-state index contributed by atoms with van der Waals surface area (Å²) in [5.41, 5.74) is 0. The van der Waals surface area contributed by atoms with Crippen LogP contribution in [0.2, 0.25) is 0 Å². The summed E-state index contributed by atoms with van der Waals surface area (Å²) in [4.78, 5) is 19.0. The third-order valence-corrected chi connectivity index (χ3v) is 1.77. The van der Waals surface area contributed by atoms with Crippen molar-refractivity contribution in [3.63, 3.8) is 0 Å². The number of nitrogens with one attached hydrogen (secondary N) is 1. The Balaban J connectivity index is 2.05. The molecule has 0 atom stereocenters. The van der Waals surface area contributed by atoms with Crippen LogP contribution in [0.1, 0.15) is 23.4 Å². The number of hydrogen-bond acceptors (Lipinski definition) is 6. The van der Waals surface area contributed by atoms with E-state index in [1.807, 2.05) is 0 Å². The fourth-order valence-corrected chi connectivity index (χ4v) is 1.12. The van der Waals surface area contributed by atoms with Gasteiger partial charge in [-0.05, 0) is 6.92 Å². The van der Waals surface area contributed by atoms with Crippen LogP contribution in [0.3, 0.4) is 0 Å². The van der Waals surface area contributed by atoms with Crippen molar-refractivity contribution in [3.05, 3.63) is 24.3 Å². The average molecular weight is 222 g/mol. The molecule has 0 bridgehead atoms. The van der Waals surface area contributed by atoms with Gasteiger partial charge in [-0.1, -0.05) is 0 Å². The molecule has 8 heteroatoms. The van der Waals surface area contributed by atoms with E-state index in [2.05, 4.69) is 25.3 Å². The van der Waals surface area contributed by atoms with Crippen molar-refractivity contribution >= 4 is 5.97 Å². The quantitative estimate of drug-likeness (QED) is 0.708. The van der Waals surface area contributed by atoms with Crippen LogP contribution < -0.4 is 0 Å². The number of ether oxygens (including phenoxy) is 1. The van der Waals surface area contributed by atoms with E-state index in [4.69, 9.17) is 4.74 Å². The first-order valence-corrected chi connectivity index (χ1v) is 4.70. The number of H-pyrrole nitrogens is 1. The van der Waals surface area contributed by atoms with Gasteiger partial charge < -0.3 is 4.74 Å². The van der Waals surface area contributed by atoms with Crippen molar-refractivity contribution in [1.29, 1.82) is 0 Å². The smallest absolute Gasteiger partial charge is 0.378 e. The number of aromatic amines is 1. The maximum atomic E-state index is 11.3. The molecule has 8 nitrogen and oxygen atoms in total. The highest BCUT2D eigenvalue weighted by Gasteiger charge is 2.13. The van der Waals surface area contributed by atoms with Crippen molar-refractivity contribution in [3.8, 4) is 0 Å². The fraction of sp³-hybridized carbons (Fsp3) is 0.375. The highest BCUT2D eigenvalue weighted by atomic mass is 16.5. The van der Waals surface area contributed by atoms with E-state index in [1.54, 1.807) is 17.9 Å². The molecule has 0 radical (unpaired) electrons. The van der Waals surface area contributed by atoms with Crippen molar-refractivity contribution in [2.24, 2.45) is 0 Å². The summed E-state index contributed by atoms with van der Waals surface area (Å²) in [7, 11) is 0. The van der Waals surface area contributed by atoms with Crippen LogP contribution >= 0.6 is 0 Å². The molecule has 0 aliphatic rings. The third-order valence-electron chi connectivity index (χ3n) is 1.77. The second-order valence-corrected chi connectivity index (χ2v) is 2.92. The van der Waals surface area contributed by atoms with Crippen LogP contribution in [-0.2, 0) is 11.3 Å². The fourth-order valence-electron chi connectivity index (χ4n) is 1.12. The van der Waals surface area contributed by atoms with Crippen molar-refractivity contribution in [1.82, 2.24) is 29.9 Å². The lowest BCUT2D eigenvalue weighted by Gasteiger charge is -1.95. The van der Waals surface area contributed by atoms with Crippen LogP contribution in [0.25, 0.3) is 0 Å². The van der Waals surface area contributed by atoms with Gasteiger partial charge in [-0.2, -0.15) is 5.10 Å².